The molecule has 0 aliphatic heterocycles. The number of rotatable bonds is 3. The van der Waals surface area contributed by atoms with Crippen molar-refractivity contribution in [1.82, 2.24) is 9.80 Å². The van der Waals surface area contributed by atoms with E-state index in [2.05, 4.69) is 19.0 Å². The van der Waals surface area contributed by atoms with E-state index in [0.29, 0.717) is 23.4 Å². The summed E-state index contributed by atoms with van der Waals surface area (Å²) in [6, 6.07) is 4.92. The van der Waals surface area contributed by atoms with Gasteiger partial charge in [0, 0.05) is 19.1 Å². The van der Waals surface area contributed by atoms with Gasteiger partial charge in [-0.15, -0.1) is 0 Å². The van der Waals surface area contributed by atoms with Crippen LogP contribution in [0.25, 0.3) is 0 Å². The molecule has 1 amide bonds. The Labute approximate surface area is 142 Å². The van der Waals surface area contributed by atoms with Gasteiger partial charge in [-0.1, -0.05) is 11.6 Å². The first-order chi connectivity index (χ1) is 10.9. The van der Waals surface area contributed by atoms with Crippen molar-refractivity contribution in [3.8, 4) is 0 Å². The number of halogens is 2. The highest BCUT2D eigenvalue weighted by atomic mass is 35.5. The molecule has 0 N–H and O–H groups in total. The van der Waals surface area contributed by atoms with Crippen molar-refractivity contribution >= 4 is 17.5 Å². The minimum Gasteiger partial charge on any atom is -0.339 e. The van der Waals surface area contributed by atoms with E-state index in [4.69, 9.17) is 11.6 Å². The summed E-state index contributed by atoms with van der Waals surface area (Å²) in [5.41, 5.74) is 0.388. The number of carbonyl (C=O) groups excluding carboxylic acids is 1. The average Bonchev–Trinajstić information content (AvgIpc) is 3.04. The molecule has 23 heavy (non-hydrogen) atoms. The van der Waals surface area contributed by atoms with Gasteiger partial charge in [-0.2, -0.15) is 0 Å². The summed E-state index contributed by atoms with van der Waals surface area (Å²) in [4.78, 5) is 16.8. The van der Waals surface area contributed by atoms with Crippen LogP contribution >= 0.6 is 11.6 Å². The summed E-state index contributed by atoms with van der Waals surface area (Å²) in [6.07, 6.45) is 4.59. The van der Waals surface area contributed by atoms with E-state index in [1.165, 1.54) is 31.0 Å². The highest BCUT2D eigenvalue weighted by molar-refractivity contribution is 6.33. The number of amides is 1. The molecule has 3 rings (SSSR count). The molecule has 2 aliphatic rings. The third kappa shape index (κ3) is 3.24. The minimum atomic E-state index is -0.417. The highest BCUT2D eigenvalue weighted by Gasteiger charge is 2.44. The van der Waals surface area contributed by atoms with Crippen LogP contribution < -0.4 is 0 Å². The standard InChI is InChI=1S/C18H24ClFN2O/c1-21(2)14-6-11-8-15(9-12(11)7-14)22(3)18(23)16-5-4-13(20)10-17(16)19/h4-5,10-12,14-15H,6-9H2,1-3H3/t11-,12+,14?,15?. The normalized spacial score (nSPS) is 29.8. The van der Waals surface area contributed by atoms with Crippen LogP contribution in [-0.4, -0.2) is 48.9 Å². The molecule has 126 valence electrons. The van der Waals surface area contributed by atoms with Gasteiger partial charge in [-0.3, -0.25) is 4.79 Å². The van der Waals surface area contributed by atoms with Crippen LogP contribution in [0, 0.1) is 17.7 Å². The number of benzene rings is 1. The molecule has 1 aromatic carbocycles. The van der Waals surface area contributed by atoms with Crippen molar-refractivity contribution in [2.45, 2.75) is 37.8 Å². The van der Waals surface area contributed by atoms with Gasteiger partial charge < -0.3 is 9.80 Å². The molecule has 0 radical (unpaired) electrons. The highest BCUT2D eigenvalue weighted by Crippen LogP contribution is 2.46. The zero-order valence-electron chi connectivity index (χ0n) is 13.9. The average molecular weight is 339 g/mol. The predicted octanol–water partition coefficient (Wildman–Crippen LogP) is 3.67. The molecule has 0 bridgehead atoms. The summed E-state index contributed by atoms with van der Waals surface area (Å²) >= 11 is 6.03. The van der Waals surface area contributed by atoms with Crippen molar-refractivity contribution in [3.63, 3.8) is 0 Å². The van der Waals surface area contributed by atoms with E-state index < -0.39 is 5.82 Å². The first-order valence-corrected chi connectivity index (χ1v) is 8.63. The van der Waals surface area contributed by atoms with Crippen molar-refractivity contribution in [2.24, 2.45) is 11.8 Å². The van der Waals surface area contributed by atoms with Gasteiger partial charge >= 0.3 is 0 Å². The molecule has 5 heteroatoms. The third-order valence-corrected chi connectivity index (χ3v) is 6.04. The number of fused-ring (bicyclic) bond motifs is 1. The lowest BCUT2D eigenvalue weighted by Gasteiger charge is -2.27. The quantitative estimate of drug-likeness (QED) is 0.839. The fourth-order valence-corrected chi connectivity index (χ4v) is 4.56. The molecule has 2 unspecified atom stereocenters. The lowest BCUT2D eigenvalue weighted by Crippen LogP contribution is -2.36. The summed E-state index contributed by atoms with van der Waals surface area (Å²) in [5.74, 6) is 0.904. The van der Waals surface area contributed by atoms with Gasteiger partial charge in [0.2, 0.25) is 0 Å². The number of hydrogen-bond donors (Lipinski definition) is 0. The van der Waals surface area contributed by atoms with Crippen LogP contribution in [0.5, 0.6) is 0 Å². The van der Waals surface area contributed by atoms with Gasteiger partial charge in [0.15, 0.2) is 0 Å². The van der Waals surface area contributed by atoms with Crippen molar-refractivity contribution in [1.29, 1.82) is 0 Å². The Morgan fingerprint density at radius 3 is 2.17 bits per heavy atom. The zero-order valence-corrected chi connectivity index (χ0v) is 14.7. The van der Waals surface area contributed by atoms with E-state index in [-0.39, 0.29) is 17.0 Å². The van der Waals surface area contributed by atoms with Gasteiger partial charge in [-0.05, 0) is 69.8 Å². The molecule has 0 heterocycles. The summed E-state index contributed by atoms with van der Waals surface area (Å²) in [6.45, 7) is 0. The Morgan fingerprint density at radius 2 is 1.65 bits per heavy atom. The molecule has 4 atom stereocenters. The lowest BCUT2D eigenvalue weighted by molar-refractivity contribution is 0.0726. The molecule has 2 aliphatic carbocycles. The summed E-state index contributed by atoms with van der Waals surface area (Å²) in [5, 5.41) is 0.188. The molecular weight excluding hydrogens is 315 g/mol. The maximum Gasteiger partial charge on any atom is 0.255 e. The predicted molar refractivity (Wildman–Crippen MR) is 90.2 cm³/mol. The third-order valence-electron chi connectivity index (χ3n) is 5.73. The molecular formula is C18H24ClFN2O. The molecule has 3 nitrogen and oxygen atoms in total. The van der Waals surface area contributed by atoms with Crippen LogP contribution in [0.15, 0.2) is 18.2 Å². The van der Waals surface area contributed by atoms with E-state index in [1.807, 2.05) is 11.9 Å². The van der Waals surface area contributed by atoms with E-state index >= 15 is 0 Å². The van der Waals surface area contributed by atoms with E-state index in [1.54, 1.807) is 0 Å². The second-order valence-electron chi connectivity index (χ2n) is 7.27. The monoisotopic (exact) mass is 338 g/mol. The van der Waals surface area contributed by atoms with E-state index in [0.717, 1.165) is 12.8 Å². The Balaban J connectivity index is 1.66. The smallest absolute Gasteiger partial charge is 0.255 e. The minimum absolute atomic E-state index is 0.107. The van der Waals surface area contributed by atoms with Crippen LogP contribution in [-0.2, 0) is 0 Å². The summed E-state index contributed by atoms with van der Waals surface area (Å²) < 4.78 is 13.2. The fraction of sp³-hybridized carbons (Fsp3) is 0.611. The molecule has 1 aromatic rings. The van der Waals surface area contributed by atoms with Gasteiger partial charge in [-0.25, -0.2) is 4.39 Å². The van der Waals surface area contributed by atoms with Gasteiger partial charge in [0.05, 0.1) is 10.6 Å². The fourth-order valence-electron chi connectivity index (χ4n) is 4.31. The van der Waals surface area contributed by atoms with Crippen LogP contribution in [0.2, 0.25) is 5.02 Å². The zero-order chi connectivity index (χ0) is 16.7. The SMILES string of the molecule is CN(C)C1C[C@@H]2CC(N(C)C(=O)c3ccc(F)cc3Cl)C[C@@H]2C1. The Bertz CT molecular complexity index is 593. The lowest BCUT2D eigenvalue weighted by atomic mass is 10.0. The van der Waals surface area contributed by atoms with Gasteiger partial charge in [0.1, 0.15) is 5.82 Å². The second kappa shape index (κ2) is 6.40. The second-order valence-corrected chi connectivity index (χ2v) is 7.68. The molecule has 0 spiro atoms. The molecule has 2 fully saturated rings. The number of nitrogens with zero attached hydrogens (tertiary/aromatic N) is 2. The summed E-state index contributed by atoms with van der Waals surface area (Å²) in [7, 11) is 6.14. The Morgan fingerprint density at radius 1 is 1.09 bits per heavy atom. The van der Waals surface area contributed by atoms with Crippen LogP contribution in [0.1, 0.15) is 36.0 Å². The Hall–Kier alpha value is -1.13. The van der Waals surface area contributed by atoms with E-state index in [9.17, 15) is 9.18 Å². The molecule has 0 aromatic heterocycles. The van der Waals surface area contributed by atoms with Crippen molar-refractivity contribution in [3.05, 3.63) is 34.6 Å². The topological polar surface area (TPSA) is 23.6 Å². The first kappa shape index (κ1) is 16.7. The Kier molecular flexibility index (Phi) is 4.65. The van der Waals surface area contributed by atoms with Crippen LogP contribution in [0.3, 0.4) is 0 Å². The maximum absolute atomic E-state index is 13.2. The first-order valence-electron chi connectivity index (χ1n) is 8.25. The largest absolute Gasteiger partial charge is 0.339 e. The van der Waals surface area contributed by atoms with Gasteiger partial charge in [0.25, 0.3) is 5.91 Å². The molecule has 2 saturated carbocycles. The van der Waals surface area contributed by atoms with Crippen molar-refractivity contribution in [2.75, 3.05) is 21.1 Å². The molecule has 0 saturated heterocycles. The van der Waals surface area contributed by atoms with Crippen molar-refractivity contribution < 1.29 is 9.18 Å². The maximum atomic E-state index is 13.2. The number of hydrogen-bond acceptors (Lipinski definition) is 2. The van der Waals surface area contributed by atoms with Crippen LogP contribution in [0.4, 0.5) is 4.39 Å². The number of carbonyl (C=O) groups is 1.